The second-order valence-electron chi connectivity index (χ2n) is 5.78. The summed E-state index contributed by atoms with van der Waals surface area (Å²) in [5, 5.41) is 11.6. The minimum absolute atomic E-state index is 0. The molecule has 0 aromatic heterocycles. The van der Waals surface area contributed by atoms with Crippen molar-refractivity contribution in [3.63, 3.8) is 0 Å². The zero-order valence-electron chi connectivity index (χ0n) is 14.9. The standard InChI is InChI=1S/C18H24N4O2S.HI/c1-14-3-5-16(6-4-14)13-22-18(20-2)21-12-11-15-7-9-17(10-8-15)25(19,23)24;/h3-10H,11-13H2,1-2H3,(H2,19,23,24)(H2,20,21,22);1H. The molecule has 6 nitrogen and oxygen atoms in total. The third kappa shape index (κ3) is 7.30. The Morgan fingerprint density at radius 3 is 2.12 bits per heavy atom. The molecular formula is C18H25IN4O2S. The average molecular weight is 488 g/mol. The number of hydrogen-bond acceptors (Lipinski definition) is 3. The van der Waals surface area contributed by atoms with Crippen molar-refractivity contribution < 1.29 is 8.42 Å². The SMILES string of the molecule is CN=C(NCCc1ccc(S(N)(=O)=O)cc1)NCc1ccc(C)cc1.I. The molecule has 142 valence electrons. The molecule has 2 rings (SSSR count). The fourth-order valence-corrected chi connectivity index (χ4v) is 2.80. The lowest BCUT2D eigenvalue weighted by Gasteiger charge is -2.12. The topological polar surface area (TPSA) is 96.6 Å². The van der Waals surface area contributed by atoms with E-state index in [1.807, 2.05) is 0 Å². The number of hydrogen-bond donors (Lipinski definition) is 3. The number of nitrogens with two attached hydrogens (primary N) is 1. The number of benzene rings is 2. The van der Waals surface area contributed by atoms with Crippen LogP contribution in [0.15, 0.2) is 58.4 Å². The van der Waals surface area contributed by atoms with E-state index in [9.17, 15) is 8.42 Å². The van der Waals surface area contributed by atoms with Gasteiger partial charge in [0.2, 0.25) is 10.0 Å². The Morgan fingerprint density at radius 1 is 1.00 bits per heavy atom. The van der Waals surface area contributed by atoms with Crippen molar-refractivity contribution in [2.45, 2.75) is 24.8 Å². The van der Waals surface area contributed by atoms with E-state index in [0.717, 1.165) is 17.9 Å². The van der Waals surface area contributed by atoms with Gasteiger partial charge in [-0.15, -0.1) is 24.0 Å². The van der Waals surface area contributed by atoms with E-state index in [1.54, 1.807) is 19.2 Å². The molecule has 8 heteroatoms. The summed E-state index contributed by atoms with van der Waals surface area (Å²) in [5.41, 5.74) is 3.45. The van der Waals surface area contributed by atoms with Crippen molar-refractivity contribution in [2.24, 2.45) is 10.1 Å². The second kappa shape index (κ2) is 10.5. The summed E-state index contributed by atoms with van der Waals surface area (Å²) in [7, 11) is -1.91. The molecular weight excluding hydrogens is 463 g/mol. The molecule has 0 aliphatic rings. The first-order valence-corrected chi connectivity index (χ1v) is 9.55. The number of primary sulfonamides is 1. The van der Waals surface area contributed by atoms with Crippen molar-refractivity contribution in [1.29, 1.82) is 0 Å². The van der Waals surface area contributed by atoms with E-state index in [0.29, 0.717) is 13.1 Å². The molecule has 0 amide bonds. The van der Waals surface area contributed by atoms with Gasteiger partial charge < -0.3 is 10.6 Å². The maximum Gasteiger partial charge on any atom is 0.238 e. The normalized spacial score (nSPS) is 11.6. The predicted molar refractivity (Wildman–Crippen MR) is 116 cm³/mol. The number of guanidine groups is 1. The van der Waals surface area contributed by atoms with Gasteiger partial charge in [-0.1, -0.05) is 42.0 Å². The Morgan fingerprint density at radius 2 is 1.58 bits per heavy atom. The smallest absolute Gasteiger partial charge is 0.238 e. The maximum absolute atomic E-state index is 11.2. The Balaban J connectivity index is 0.00000338. The van der Waals surface area contributed by atoms with Crippen molar-refractivity contribution in [1.82, 2.24) is 10.6 Å². The van der Waals surface area contributed by atoms with Gasteiger partial charge in [-0.3, -0.25) is 4.99 Å². The number of aryl methyl sites for hydroxylation is 1. The summed E-state index contributed by atoms with van der Waals surface area (Å²) >= 11 is 0. The molecule has 0 saturated carbocycles. The molecule has 0 saturated heterocycles. The van der Waals surface area contributed by atoms with Crippen LogP contribution in [0.25, 0.3) is 0 Å². The van der Waals surface area contributed by atoms with E-state index < -0.39 is 10.0 Å². The van der Waals surface area contributed by atoms with Crippen LogP contribution in [0.5, 0.6) is 0 Å². The van der Waals surface area contributed by atoms with Crippen LogP contribution in [0.1, 0.15) is 16.7 Å². The quantitative estimate of drug-likeness (QED) is 0.330. The van der Waals surface area contributed by atoms with Gasteiger partial charge >= 0.3 is 0 Å². The molecule has 0 atom stereocenters. The fraction of sp³-hybridized carbons (Fsp3) is 0.278. The van der Waals surface area contributed by atoms with Crippen LogP contribution in [0.4, 0.5) is 0 Å². The number of rotatable bonds is 6. The van der Waals surface area contributed by atoms with Gasteiger partial charge in [-0.05, 0) is 36.6 Å². The molecule has 2 aromatic rings. The minimum atomic E-state index is -3.64. The number of nitrogens with zero attached hydrogens (tertiary/aromatic N) is 1. The largest absolute Gasteiger partial charge is 0.356 e. The number of nitrogens with one attached hydrogen (secondary N) is 2. The van der Waals surface area contributed by atoms with Crippen LogP contribution in [0.2, 0.25) is 0 Å². The molecule has 0 radical (unpaired) electrons. The van der Waals surface area contributed by atoms with Crippen LogP contribution >= 0.6 is 24.0 Å². The Hall–Kier alpha value is -1.65. The zero-order valence-corrected chi connectivity index (χ0v) is 18.0. The first kappa shape index (κ1) is 22.4. The maximum atomic E-state index is 11.2. The Kier molecular flexibility index (Phi) is 9.03. The first-order chi connectivity index (χ1) is 11.9. The number of sulfonamides is 1. The van der Waals surface area contributed by atoms with E-state index in [1.165, 1.54) is 23.3 Å². The van der Waals surface area contributed by atoms with E-state index in [-0.39, 0.29) is 28.9 Å². The van der Waals surface area contributed by atoms with E-state index in [4.69, 9.17) is 5.14 Å². The summed E-state index contributed by atoms with van der Waals surface area (Å²) in [6.45, 7) is 3.44. The third-order valence-electron chi connectivity index (χ3n) is 3.76. The van der Waals surface area contributed by atoms with Crippen molar-refractivity contribution in [3.05, 3.63) is 65.2 Å². The minimum Gasteiger partial charge on any atom is -0.356 e. The van der Waals surface area contributed by atoms with E-state index >= 15 is 0 Å². The highest BCUT2D eigenvalue weighted by atomic mass is 127. The van der Waals surface area contributed by atoms with Crippen LogP contribution in [0, 0.1) is 6.92 Å². The van der Waals surface area contributed by atoms with Gasteiger partial charge in [-0.2, -0.15) is 0 Å². The Labute approximate surface area is 172 Å². The highest BCUT2D eigenvalue weighted by molar-refractivity contribution is 14.0. The lowest BCUT2D eigenvalue weighted by Crippen LogP contribution is -2.37. The fourth-order valence-electron chi connectivity index (χ4n) is 2.28. The molecule has 0 aliphatic carbocycles. The predicted octanol–water partition coefficient (Wildman–Crippen LogP) is 2.17. The average Bonchev–Trinajstić information content (AvgIpc) is 2.59. The molecule has 0 aliphatic heterocycles. The second-order valence-corrected chi connectivity index (χ2v) is 7.34. The molecule has 0 fully saturated rings. The molecule has 2 aromatic carbocycles. The summed E-state index contributed by atoms with van der Waals surface area (Å²) in [5.74, 6) is 0.724. The number of halogens is 1. The highest BCUT2D eigenvalue weighted by Crippen LogP contribution is 2.09. The first-order valence-electron chi connectivity index (χ1n) is 8.00. The van der Waals surface area contributed by atoms with E-state index in [2.05, 4.69) is 46.8 Å². The van der Waals surface area contributed by atoms with Crippen molar-refractivity contribution >= 4 is 40.0 Å². The van der Waals surface area contributed by atoms with Gasteiger partial charge in [0.15, 0.2) is 5.96 Å². The van der Waals surface area contributed by atoms with Crippen LogP contribution in [0.3, 0.4) is 0 Å². The molecule has 0 heterocycles. The van der Waals surface area contributed by atoms with Crippen LogP contribution < -0.4 is 15.8 Å². The van der Waals surface area contributed by atoms with Crippen LogP contribution in [-0.4, -0.2) is 28.0 Å². The van der Waals surface area contributed by atoms with Gasteiger partial charge in [0, 0.05) is 20.1 Å². The highest BCUT2D eigenvalue weighted by Gasteiger charge is 2.06. The number of aliphatic imine (C=N–C) groups is 1. The van der Waals surface area contributed by atoms with Crippen molar-refractivity contribution in [2.75, 3.05) is 13.6 Å². The third-order valence-corrected chi connectivity index (χ3v) is 4.69. The monoisotopic (exact) mass is 488 g/mol. The lowest BCUT2D eigenvalue weighted by atomic mass is 10.1. The molecule has 4 N–H and O–H groups in total. The van der Waals surface area contributed by atoms with Gasteiger partial charge in [0.25, 0.3) is 0 Å². The summed E-state index contributed by atoms with van der Waals surface area (Å²) in [4.78, 5) is 4.32. The molecule has 26 heavy (non-hydrogen) atoms. The van der Waals surface area contributed by atoms with Gasteiger partial charge in [0.1, 0.15) is 0 Å². The summed E-state index contributed by atoms with van der Waals surface area (Å²) < 4.78 is 22.5. The van der Waals surface area contributed by atoms with Crippen LogP contribution in [-0.2, 0) is 23.0 Å². The summed E-state index contributed by atoms with van der Waals surface area (Å²) in [6.07, 6.45) is 0.746. The van der Waals surface area contributed by atoms with Crippen molar-refractivity contribution in [3.8, 4) is 0 Å². The van der Waals surface area contributed by atoms with Gasteiger partial charge in [0.05, 0.1) is 4.90 Å². The Bertz CT molecular complexity index is 819. The zero-order chi connectivity index (χ0) is 18.3. The lowest BCUT2D eigenvalue weighted by molar-refractivity contribution is 0.598. The molecule has 0 spiro atoms. The molecule has 0 bridgehead atoms. The molecule has 0 unspecified atom stereocenters. The summed E-state index contributed by atoms with van der Waals surface area (Å²) in [6, 6.07) is 14.9. The van der Waals surface area contributed by atoms with Gasteiger partial charge in [-0.25, -0.2) is 13.6 Å².